The van der Waals surface area contributed by atoms with E-state index in [0.29, 0.717) is 0 Å². The molecule has 74 valence electrons. The van der Waals surface area contributed by atoms with Gasteiger partial charge in [-0.05, 0) is 12.1 Å². The fraction of sp³-hybridized carbons (Fsp3) is 0.100. The van der Waals surface area contributed by atoms with Crippen molar-refractivity contribution in [3.8, 4) is 0 Å². The van der Waals surface area contributed by atoms with E-state index in [2.05, 4.69) is 4.74 Å². The summed E-state index contributed by atoms with van der Waals surface area (Å²) in [6, 6.07) is 9.19. The van der Waals surface area contributed by atoms with Gasteiger partial charge in [0.2, 0.25) is 5.83 Å². The van der Waals surface area contributed by atoms with Crippen molar-refractivity contribution in [2.24, 2.45) is 0 Å². The second-order valence-electron chi connectivity index (χ2n) is 2.39. The summed E-state index contributed by atoms with van der Waals surface area (Å²) in [5, 5.41) is 1.13. The van der Waals surface area contributed by atoms with Gasteiger partial charge < -0.3 is 4.74 Å². The van der Waals surface area contributed by atoms with Crippen molar-refractivity contribution in [2.45, 2.75) is 4.90 Å². The monoisotopic (exact) mass is 212 g/mol. The predicted molar refractivity (Wildman–Crippen MR) is 53.5 cm³/mol. The number of halogens is 1. The van der Waals surface area contributed by atoms with Gasteiger partial charge in [0.15, 0.2) is 0 Å². The average molecular weight is 212 g/mol. The van der Waals surface area contributed by atoms with E-state index in [1.54, 1.807) is 0 Å². The number of methoxy groups -OCH3 is 1. The van der Waals surface area contributed by atoms with Crippen LogP contribution in [0.4, 0.5) is 4.39 Å². The number of hydrogen-bond donors (Lipinski definition) is 0. The summed E-state index contributed by atoms with van der Waals surface area (Å²) in [5.74, 6) is -1.84. The molecule has 0 aliphatic rings. The summed E-state index contributed by atoms with van der Waals surface area (Å²) in [5.41, 5.74) is 0. The third-order valence-electron chi connectivity index (χ3n) is 1.42. The first-order valence-corrected chi connectivity index (χ1v) is 4.77. The summed E-state index contributed by atoms with van der Waals surface area (Å²) in [6.07, 6.45) is 0. The second-order valence-corrected chi connectivity index (χ2v) is 3.33. The van der Waals surface area contributed by atoms with Crippen molar-refractivity contribution in [2.75, 3.05) is 7.11 Å². The van der Waals surface area contributed by atoms with E-state index in [1.807, 2.05) is 30.3 Å². The Morgan fingerprint density at radius 2 is 2.07 bits per heavy atom. The fourth-order valence-electron chi connectivity index (χ4n) is 0.764. The first kappa shape index (κ1) is 10.8. The number of ether oxygens (including phenoxy) is 1. The molecule has 0 aliphatic carbocycles. The highest BCUT2D eigenvalue weighted by molar-refractivity contribution is 8.02. The molecule has 0 aliphatic heterocycles. The number of carbonyl (C=O) groups is 1. The van der Waals surface area contributed by atoms with E-state index in [9.17, 15) is 9.18 Å². The normalized spacial score (nSPS) is 11.1. The first-order valence-electron chi connectivity index (χ1n) is 3.89. The van der Waals surface area contributed by atoms with E-state index < -0.39 is 11.8 Å². The lowest BCUT2D eigenvalue weighted by Crippen LogP contribution is -1.99. The molecular formula is C10H9FO2S. The lowest BCUT2D eigenvalue weighted by Gasteiger charge is -1.96. The van der Waals surface area contributed by atoms with Crippen molar-refractivity contribution >= 4 is 17.7 Å². The average Bonchev–Trinajstić information content (AvgIpc) is 2.26. The van der Waals surface area contributed by atoms with Crippen LogP contribution in [0.5, 0.6) is 0 Å². The molecule has 2 nitrogen and oxygen atoms in total. The Kier molecular flexibility index (Phi) is 4.19. The Hall–Kier alpha value is -1.29. The Bertz CT molecular complexity index is 335. The van der Waals surface area contributed by atoms with Crippen molar-refractivity contribution in [1.29, 1.82) is 0 Å². The van der Waals surface area contributed by atoms with Crippen LogP contribution in [-0.4, -0.2) is 13.1 Å². The number of carbonyl (C=O) groups excluding carboxylic acids is 1. The summed E-state index contributed by atoms with van der Waals surface area (Å²) in [4.78, 5) is 11.5. The number of hydrogen-bond acceptors (Lipinski definition) is 3. The van der Waals surface area contributed by atoms with E-state index in [-0.39, 0.29) is 0 Å². The highest BCUT2D eigenvalue weighted by Gasteiger charge is 2.07. The third-order valence-corrected chi connectivity index (χ3v) is 2.29. The molecule has 14 heavy (non-hydrogen) atoms. The SMILES string of the molecule is COC(=O)C(F)=CSc1ccccc1. The number of rotatable bonds is 3. The van der Waals surface area contributed by atoms with Gasteiger partial charge in [0, 0.05) is 10.3 Å². The van der Waals surface area contributed by atoms with Crippen molar-refractivity contribution in [1.82, 2.24) is 0 Å². The summed E-state index contributed by atoms with van der Waals surface area (Å²) in [7, 11) is 1.14. The Morgan fingerprint density at radius 1 is 1.43 bits per heavy atom. The van der Waals surface area contributed by atoms with Crippen LogP contribution in [0.1, 0.15) is 0 Å². The lowest BCUT2D eigenvalue weighted by molar-refractivity contribution is -0.137. The van der Waals surface area contributed by atoms with Crippen LogP contribution in [0.2, 0.25) is 0 Å². The van der Waals surface area contributed by atoms with Crippen LogP contribution in [0.25, 0.3) is 0 Å². The van der Waals surface area contributed by atoms with Crippen LogP contribution in [-0.2, 0) is 9.53 Å². The maximum atomic E-state index is 12.8. The molecule has 1 aromatic rings. The largest absolute Gasteiger partial charge is 0.464 e. The predicted octanol–water partition coefficient (Wildman–Crippen LogP) is 2.76. The lowest BCUT2D eigenvalue weighted by atomic mass is 10.4. The van der Waals surface area contributed by atoms with Gasteiger partial charge in [0.05, 0.1) is 7.11 Å². The smallest absolute Gasteiger partial charge is 0.367 e. The molecule has 4 heteroatoms. The minimum absolute atomic E-state index is 0.867. The molecule has 0 saturated heterocycles. The zero-order chi connectivity index (χ0) is 10.4. The summed E-state index contributed by atoms with van der Waals surface area (Å²) < 4.78 is 17.1. The molecule has 0 unspecified atom stereocenters. The van der Waals surface area contributed by atoms with E-state index in [0.717, 1.165) is 29.2 Å². The molecule has 0 N–H and O–H groups in total. The number of thioether (sulfide) groups is 1. The topological polar surface area (TPSA) is 26.3 Å². The molecule has 0 fully saturated rings. The Labute approximate surface area is 85.8 Å². The van der Waals surface area contributed by atoms with Crippen LogP contribution in [0, 0.1) is 0 Å². The number of esters is 1. The van der Waals surface area contributed by atoms with Gasteiger partial charge in [-0.15, -0.1) is 0 Å². The molecule has 0 aromatic heterocycles. The molecule has 0 heterocycles. The Balaban J connectivity index is 2.59. The molecule has 0 saturated carbocycles. The minimum atomic E-state index is -0.951. The van der Waals surface area contributed by atoms with E-state index in [1.165, 1.54) is 0 Å². The van der Waals surface area contributed by atoms with Crippen LogP contribution >= 0.6 is 11.8 Å². The molecule has 0 spiro atoms. The second kappa shape index (κ2) is 5.44. The first-order chi connectivity index (χ1) is 6.74. The van der Waals surface area contributed by atoms with Crippen LogP contribution < -0.4 is 0 Å². The van der Waals surface area contributed by atoms with Gasteiger partial charge in [-0.25, -0.2) is 4.79 Å². The van der Waals surface area contributed by atoms with Gasteiger partial charge >= 0.3 is 5.97 Å². The molecule has 1 rings (SSSR count). The quantitative estimate of drug-likeness (QED) is 0.438. The zero-order valence-corrected chi connectivity index (χ0v) is 8.38. The van der Waals surface area contributed by atoms with Gasteiger partial charge in [0.1, 0.15) is 0 Å². The maximum Gasteiger partial charge on any atom is 0.367 e. The standard InChI is InChI=1S/C10H9FO2S/c1-13-10(12)9(11)7-14-8-5-3-2-4-6-8/h2-7H,1H3. The van der Waals surface area contributed by atoms with Crippen LogP contribution in [0.3, 0.4) is 0 Å². The van der Waals surface area contributed by atoms with E-state index in [4.69, 9.17) is 0 Å². The van der Waals surface area contributed by atoms with Gasteiger partial charge in [0.25, 0.3) is 0 Å². The molecule has 0 radical (unpaired) electrons. The molecule has 0 atom stereocenters. The summed E-state index contributed by atoms with van der Waals surface area (Å²) >= 11 is 1.13. The molecule has 1 aromatic carbocycles. The van der Waals surface area contributed by atoms with Gasteiger partial charge in [-0.2, -0.15) is 4.39 Å². The Morgan fingerprint density at radius 3 is 2.64 bits per heavy atom. The maximum absolute atomic E-state index is 12.8. The van der Waals surface area contributed by atoms with E-state index >= 15 is 0 Å². The van der Waals surface area contributed by atoms with Crippen molar-refractivity contribution in [3.05, 3.63) is 41.6 Å². The number of benzene rings is 1. The molecular weight excluding hydrogens is 203 g/mol. The zero-order valence-electron chi connectivity index (χ0n) is 7.57. The third kappa shape index (κ3) is 3.22. The highest BCUT2D eigenvalue weighted by atomic mass is 32.2. The van der Waals surface area contributed by atoms with Gasteiger partial charge in [-0.3, -0.25) is 0 Å². The fourth-order valence-corrected chi connectivity index (χ4v) is 1.41. The minimum Gasteiger partial charge on any atom is -0.464 e. The molecule has 0 bridgehead atoms. The van der Waals surface area contributed by atoms with Gasteiger partial charge in [-0.1, -0.05) is 30.0 Å². The van der Waals surface area contributed by atoms with Crippen molar-refractivity contribution in [3.63, 3.8) is 0 Å². The highest BCUT2D eigenvalue weighted by Crippen LogP contribution is 2.20. The summed E-state index contributed by atoms with van der Waals surface area (Å²) in [6.45, 7) is 0. The molecule has 0 amide bonds. The van der Waals surface area contributed by atoms with Crippen molar-refractivity contribution < 1.29 is 13.9 Å². The van der Waals surface area contributed by atoms with Crippen LogP contribution in [0.15, 0.2) is 46.5 Å².